The van der Waals surface area contributed by atoms with Gasteiger partial charge in [-0.25, -0.2) is 0 Å². The highest BCUT2D eigenvalue weighted by molar-refractivity contribution is 6.75. The lowest BCUT2D eigenvalue weighted by Gasteiger charge is -2.41. The molecule has 0 saturated carbocycles. The molecule has 0 aliphatic rings. The van der Waals surface area contributed by atoms with Crippen molar-refractivity contribution in [2.45, 2.75) is 51.5 Å². The fourth-order valence-electron chi connectivity index (χ4n) is 2.59. The summed E-state index contributed by atoms with van der Waals surface area (Å²) in [6.07, 6.45) is 0.594. The third-order valence-corrected chi connectivity index (χ3v) is 9.85. The Balaban J connectivity index is 2.02. The summed E-state index contributed by atoms with van der Waals surface area (Å²) in [7, 11) is -2.23. The number of hydrogen-bond donors (Lipinski definition) is 1. The van der Waals surface area contributed by atoms with Crippen molar-refractivity contribution in [3.05, 3.63) is 71.8 Å². The number of hydrogen-bond acceptors (Lipinski definition) is 3. The lowest BCUT2D eigenvalue weighted by molar-refractivity contribution is -0.00183. The molecular weight excluding hydrogens is 340 g/mol. The quantitative estimate of drug-likeness (QED) is 0.660. The summed E-state index contributed by atoms with van der Waals surface area (Å²) in [5, 5.41) is 10.9. The summed E-state index contributed by atoms with van der Waals surface area (Å²) >= 11 is 0. The SMILES string of the molecule is CC(C)(C)[Si@@](C)(COCc1ccccc1)OC[C@](C)(O)c1ccccc1. The minimum Gasteiger partial charge on any atom is -0.411 e. The molecule has 2 aromatic rings. The zero-order valence-corrected chi connectivity index (χ0v) is 17.7. The van der Waals surface area contributed by atoms with Crippen LogP contribution in [0.1, 0.15) is 38.8 Å². The third kappa shape index (κ3) is 5.51. The Morgan fingerprint density at radius 3 is 1.96 bits per heavy atom. The predicted octanol–water partition coefficient (Wildman–Crippen LogP) is 5.04. The molecule has 0 spiro atoms. The van der Waals surface area contributed by atoms with Crippen LogP contribution < -0.4 is 0 Å². The van der Waals surface area contributed by atoms with E-state index in [2.05, 4.69) is 39.5 Å². The van der Waals surface area contributed by atoms with Crippen molar-refractivity contribution in [3.8, 4) is 0 Å². The van der Waals surface area contributed by atoms with Gasteiger partial charge in [0.15, 0.2) is 0 Å². The number of rotatable bonds is 8. The standard InChI is InChI=1S/C22H32O3Si/c1-21(2,3)26(5,18-24-16-19-12-8-6-9-13-19)25-17-22(4,23)20-14-10-7-11-15-20/h6-15,23H,16-18H2,1-5H3/t22-,26+/m0/s1. The first kappa shape index (κ1) is 20.8. The first-order chi connectivity index (χ1) is 12.1. The van der Waals surface area contributed by atoms with Crippen molar-refractivity contribution in [3.63, 3.8) is 0 Å². The fourth-order valence-corrected chi connectivity index (χ4v) is 4.63. The summed E-state index contributed by atoms with van der Waals surface area (Å²) in [4.78, 5) is 0. The molecule has 2 rings (SSSR count). The third-order valence-electron chi connectivity index (χ3n) is 5.14. The van der Waals surface area contributed by atoms with Gasteiger partial charge < -0.3 is 14.3 Å². The molecule has 0 saturated heterocycles. The van der Waals surface area contributed by atoms with Crippen LogP contribution >= 0.6 is 0 Å². The summed E-state index contributed by atoms with van der Waals surface area (Å²) < 4.78 is 12.5. The van der Waals surface area contributed by atoms with E-state index in [1.54, 1.807) is 0 Å². The molecule has 0 aromatic heterocycles. The van der Waals surface area contributed by atoms with E-state index in [0.29, 0.717) is 12.8 Å². The van der Waals surface area contributed by atoms with Crippen LogP contribution in [-0.2, 0) is 21.4 Å². The molecule has 0 radical (unpaired) electrons. The van der Waals surface area contributed by atoms with E-state index in [-0.39, 0.29) is 11.6 Å². The van der Waals surface area contributed by atoms with Crippen LogP contribution in [0.4, 0.5) is 0 Å². The number of aliphatic hydroxyl groups is 1. The average Bonchev–Trinajstić information content (AvgIpc) is 2.61. The number of ether oxygens (including phenoxy) is 1. The topological polar surface area (TPSA) is 38.7 Å². The molecule has 0 heterocycles. The van der Waals surface area contributed by atoms with Crippen LogP contribution in [0.15, 0.2) is 60.7 Å². The first-order valence-corrected chi connectivity index (χ1v) is 11.8. The first-order valence-electron chi connectivity index (χ1n) is 9.18. The summed E-state index contributed by atoms with van der Waals surface area (Å²) in [5.41, 5.74) is 1.02. The Hall–Kier alpha value is -1.46. The van der Waals surface area contributed by atoms with Gasteiger partial charge in [-0.2, -0.15) is 0 Å². The lowest BCUT2D eigenvalue weighted by Crippen LogP contribution is -2.51. The van der Waals surface area contributed by atoms with Crippen molar-refractivity contribution < 1.29 is 14.3 Å². The molecule has 142 valence electrons. The zero-order chi connectivity index (χ0) is 19.3. The van der Waals surface area contributed by atoms with Gasteiger partial charge in [0.2, 0.25) is 8.32 Å². The van der Waals surface area contributed by atoms with Gasteiger partial charge in [0.05, 0.1) is 19.4 Å². The average molecular weight is 373 g/mol. The van der Waals surface area contributed by atoms with Gasteiger partial charge in [-0.15, -0.1) is 0 Å². The van der Waals surface area contributed by atoms with E-state index in [4.69, 9.17) is 9.16 Å². The maximum atomic E-state index is 10.9. The molecule has 1 N–H and O–H groups in total. The van der Waals surface area contributed by atoms with Gasteiger partial charge in [0, 0.05) is 0 Å². The monoisotopic (exact) mass is 372 g/mol. The molecule has 2 aromatic carbocycles. The second-order valence-corrected chi connectivity index (χ2v) is 12.9. The van der Waals surface area contributed by atoms with Crippen molar-refractivity contribution in [2.75, 3.05) is 12.8 Å². The second-order valence-electron chi connectivity index (χ2n) is 8.39. The van der Waals surface area contributed by atoms with Gasteiger partial charge >= 0.3 is 0 Å². The molecule has 3 nitrogen and oxygen atoms in total. The van der Waals surface area contributed by atoms with Crippen LogP contribution in [0.25, 0.3) is 0 Å². The highest BCUT2D eigenvalue weighted by atomic mass is 28.4. The van der Waals surface area contributed by atoms with E-state index in [1.807, 2.05) is 55.5 Å². The van der Waals surface area contributed by atoms with E-state index in [1.165, 1.54) is 0 Å². The minimum atomic E-state index is -2.23. The van der Waals surface area contributed by atoms with Gasteiger partial charge in [-0.3, -0.25) is 0 Å². The van der Waals surface area contributed by atoms with Gasteiger partial charge in [0.25, 0.3) is 0 Å². The molecule has 26 heavy (non-hydrogen) atoms. The molecule has 0 aliphatic carbocycles. The van der Waals surface area contributed by atoms with Gasteiger partial charge in [-0.05, 0) is 29.6 Å². The van der Waals surface area contributed by atoms with E-state index >= 15 is 0 Å². The van der Waals surface area contributed by atoms with Crippen LogP contribution in [0.3, 0.4) is 0 Å². The smallest absolute Gasteiger partial charge is 0.220 e. The summed E-state index contributed by atoms with van der Waals surface area (Å²) in [5.74, 6) is 0. The highest BCUT2D eigenvalue weighted by Gasteiger charge is 2.44. The molecule has 0 aliphatic heterocycles. The molecule has 0 amide bonds. The highest BCUT2D eigenvalue weighted by Crippen LogP contribution is 2.38. The normalized spacial score (nSPS) is 16.7. The summed E-state index contributed by atoms with van der Waals surface area (Å²) in [6, 6.07) is 19.9. The van der Waals surface area contributed by atoms with Gasteiger partial charge in [-0.1, -0.05) is 81.4 Å². The van der Waals surface area contributed by atoms with Crippen molar-refractivity contribution >= 4 is 8.32 Å². The van der Waals surface area contributed by atoms with E-state index in [9.17, 15) is 5.11 Å². The molecule has 0 fully saturated rings. The summed E-state index contributed by atoms with van der Waals surface area (Å²) in [6.45, 7) is 11.4. The second kappa shape index (κ2) is 8.48. The van der Waals surface area contributed by atoms with Crippen molar-refractivity contribution in [2.24, 2.45) is 0 Å². The van der Waals surface area contributed by atoms with Crippen LogP contribution in [0.5, 0.6) is 0 Å². The van der Waals surface area contributed by atoms with Crippen LogP contribution in [0.2, 0.25) is 11.6 Å². The van der Waals surface area contributed by atoms with Crippen LogP contribution in [-0.4, -0.2) is 26.3 Å². The Morgan fingerprint density at radius 1 is 0.885 bits per heavy atom. The lowest BCUT2D eigenvalue weighted by atomic mass is 9.97. The maximum absolute atomic E-state index is 10.9. The van der Waals surface area contributed by atoms with Gasteiger partial charge in [0.1, 0.15) is 5.60 Å². The van der Waals surface area contributed by atoms with E-state index in [0.717, 1.165) is 11.1 Å². The Bertz CT molecular complexity index is 665. The largest absolute Gasteiger partial charge is 0.411 e. The Morgan fingerprint density at radius 2 is 1.42 bits per heavy atom. The zero-order valence-electron chi connectivity index (χ0n) is 16.7. The van der Waals surface area contributed by atoms with E-state index < -0.39 is 13.9 Å². The fraction of sp³-hybridized carbons (Fsp3) is 0.455. The van der Waals surface area contributed by atoms with Crippen molar-refractivity contribution in [1.82, 2.24) is 0 Å². The molecule has 0 unspecified atom stereocenters. The minimum absolute atomic E-state index is 0.00352. The molecule has 2 atom stereocenters. The number of benzene rings is 2. The Kier molecular flexibility index (Phi) is 6.80. The van der Waals surface area contributed by atoms with Crippen molar-refractivity contribution in [1.29, 1.82) is 0 Å². The Labute approximate surface area is 159 Å². The predicted molar refractivity (Wildman–Crippen MR) is 109 cm³/mol. The molecular formula is C22H32O3Si. The van der Waals surface area contributed by atoms with Crippen LogP contribution in [0, 0.1) is 0 Å². The maximum Gasteiger partial charge on any atom is 0.220 e. The molecule has 0 bridgehead atoms. The molecule has 4 heteroatoms.